The van der Waals surface area contributed by atoms with Gasteiger partial charge in [0, 0.05) is 32.4 Å². The van der Waals surface area contributed by atoms with Crippen LogP contribution in [0.25, 0.3) is 0 Å². The zero-order valence-electron chi connectivity index (χ0n) is 16.5. The van der Waals surface area contributed by atoms with Crippen LogP contribution >= 0.6 is 0 Å². The average molecular weight is 397 g/mol. The molecule has 1 aromatic heterocycles. The molecule has 0 radical (unpaired) electrons. The highest BCUT2D eigenvalue weighted by molar-refractivity contribution is 5.79. The van der Waals surface area contributed by atoms with Crippen LogP contribution in [-0.2, 0) is 19.8 Å². The van der Waals surface area contributed by atoms with E-state index in [-0.39, 0.29) is 12.1 Å². The lowest BCUT2D eigenvalue weighted by Gasteiger charge is -2.22. The van der Waals surface area contributed by atoms with Crippen molar-refractivity contribution in [2.75, 3.05) is 26.7 Å². The van der Waals surface area contributed by atoms with Crippen LogP contribution in [0, 0.1) is 6.92 Å². The summed E-state index contributed by atoms with van der Waals surface area (Å²) in [5, 5.41) is 6.59. The third kappa shape index (κ3) is 6.17. The van der Waals surface area contributed by atoms with E-state index in [4.69, 9.17) is 4.74 Å². The molecule has 0 bridgehead atoms. The summed E-state index contributed by atoms with van der Waals surface area (Å²) in [6.07, 6.45) is -3.16. The number of benzene rings is 1. The number of nitrogens with one attached hydrogen (secondary N) is 1. The van der Waals surface area contributed by atoms with Crippen molar-refractivity contribution in [2.45, 2.75) is 26.6 Å². The lowest BCUT2D eigenvalue weighted by Crippen LogP contribution is -2.40. The van der Waals surface area contributed by atoms with Gasteiger partial charge in [-0.1, -0.05) is 17.7 Å². The predicted molar refractivity (Wildman–Crippen MR) is 102 cm³/mol. The number of hydrogen-bond donors (Lipinski definition) is 1. The molecule has 6 nitrogen and oxygen atoms in total. The highest BCUT2D eigenvalue weighted by Gasteiger charge is 2.36. The van der Waals surface area contributed by atoms with Crippen molar-refractivity contribution >= 4 is 5.96 Å². The van der Waals surface area contributed by atoms with Gasteiger partial charge >= 0.3 is 6.18 Å². The minimum atomic E-state index is -4.50. The molecule has 0 unspecified atom stereocenters. The van der Waals surface area contributed by atoms with Crippen LogP contribution in [0.15, 0.2) is 35.5 Å². The molecule has 28 heavy (non-hydrogen) atoms. The van der Waals surface area contributed by atoms with Crippen molar-refractivity contribution in [3.05, 3.63) is 47.3 Å². The molecule has 0 spiro atoms. The molecule has 0 amide bonds. The minimum Gasteiger partial charge on any atom is -0.492 e. The van der Waals surface area contributed by atoms with E-state index in [0.717, 1.165) is 16.0 Å². The molecule has 9 heteroatoms. The number of halogens is 3. The molecule has 0 aliphatic rings. The van der Waals surface area contributed by atoms with Crippen molar-refractivity contribution in [3.8, 4) is 5.75 Å². The van der Waals surface area contributed by atoms with Crippen molar-refractivity contribution in [2.24, 2.45) is 12.0 Å². The minimum absolute atomic E-state index is 0.0368. The van der Waals surface area contributed by atoms with Gasteiger partial charge in [0.05, 0.1) is 13.1 Å². The van der Waals surface area contributed by atoms with E-state index in [2.05, 4.69) is 15.4 Å². The van der Waals surface area contributed by atoms with Gasteiger partial charge in [-0.05, 0) is 26.0 Å². The smallest absolute Gasteiger partial charge is 0.435 e. The highest BCUT2D eigenvalue weighted by atomic mass is 19.4. The molecule has 1 N–H and O–H groups in total. The number of likely N-dealkylation sites (N-methyl/N-ethyl adjacent to an activating group) is 1. The Balaban J connectivity index is 2.00. The summed E-state index contributed by atoms with van der Waals surface area (Å²) in [6.45, 7) is 5.33. The van der Waals surface area contributed by atoms with Crippen molar-refractivity contribution in [3.63, 3.8) is 0 Å². The average Bonchev–Trinajstić information content (AvgIpc) is 3.01. The fourth-order valence-corrected chi connectivity index (χ4v) is 2.56. The van der Waals surface area contributed by atoms with Crippen LogP contribution in [0.2, 0.25) is 0 Å². The zero-order chi connectivity index (χ0) is 20.7. The Bertz CT molecular complexity index is 784. The summed E-state index contributed by atoms with van der Waals surface area (Å²) in [6, 6.07) is 7.73. The number of aliphatic imine (C=N–C) groups is 1. The Labute approximate surface area is 163 Å². The van der Waals surface area contributed by atoms with Crippen LogP contribution in [0.3, 0.4) is 0 Å². The summed E-state index contributed by atoms with van der Waals surface area (Å²) in [7, 11) is 3.27. The monoisotopic (exact) mass is 397 g/mol. The van der Waals surface area contributed by atoms with Gasteiger partial charge in [0.1, 0.15) is 12.4 Å². The van der Waals surface area contributed by atoms with E-state index in [0.29, 0.717) is 25.7 Å². The topological polar surface area (TPSA) is 54.7 Å². The van der Waals surface area contributed by atoms with Crippen LogP contribution < -0.4 is 10.1 Å². The summed E-state index contributed by atoms with van der Waals surface area (Å²) in [5.41, 5.74) is 0.286. The largest absolute Gasteiger partial charge is 0.492 e. The van der Waals surface area contributed by atoms with Gasteiger partial charge in [-0.2, -0.15) is 18.3 Å². The Morgan fingerprint density at radius 1 is 1.29 bits per heavy atom. The SMILES string of the molecule is CCNC(=NCc1cn(C)nc1C(F)(F)F)N(C)CCOc1ccc(C)cc1. The quantitative estimate of drug-likeness (QED) is 0.576. The molecule has 1 aromatic carbocycles. The molecule has 0 saturated carbocycles. The van der Waals surface area contributed by atoms with E-state index in [1.165, 1.54) is 13.2 Å². The van der Waals surface area contributed by atoms with E-state index < -0.39 is 11.9 Å². The number of aromatic nitrogens is 2. The second-order valence-electron chi connectivity index (χ2n) is 6.43. The van der Waals surface area contributed by atoms with E-state index in [1.807, 2.05) is 50.1 Å². The van der Waals surface area contributed by atoms with Crippen LogP contribution in [-0.4, -0.2) is 47.4 Å². The predicted octanol–water partition coefficient (Wildman–Crippen LogP) is 3.22. The fourth-order valence-electron chi connectivity index (χ4n) is 2.56. The summed E-state index contributed by atoms with van der Waals surface area (Å²) in [4.78, 5) is 6.15. The van der Waals surface area contributed by atoms with Gasteiger partial charge in [0.2, 0.25) is 0 Å². The fraction of sp³-hybridized carbons (Fsp3) is 0.474. The lowest BCUT2D eigenvalue weighted by atomic mass is 10.2. The number of hydrogen-bond acceptors (Lipinski definition) is 3. The first kappa shape index (κ1) is 21.6. The van der Waals surface area contributed by atoms with E-state index >= 15 is 0 Å². The first-order valence-corrected chi connectivity index (χ1v) is 8.99. The van der Waals surface area contributed by atoms with Crippen LogP contribution in [0.5, 0.6) is 5.75 Å². The molecular formula is C19H26F3N5O. The first-order chi connectivity index (χ1) is 13.2. The van der Waals surface area contributed by atoms with Crippen molar-refractivity contribution in [1.29, 1.82) is 0 Å². The second kappa shape index (κ2) is 9.48. The van der Waals surface area contributed by atoms with Gasteiger partial charge in [0.15, 0.2) is 11.7 Å². The molecule has 2 rings (SSSR count). The number of guanidine groups is 1. The van der Waals surface area contributed by atoms with Gasteiger partial charge in [-0.25, -0.2) is 4.99 Å². The molecule has 0 aliphatic carbocycles. The number of rotatable bonds is 7. The lowest BCUT2D eigenvalue weighted by molar-refractivity contribution is -0.142. The maximum atomic E-state index is 13.1. The maximum Gasteiger partial charge on any atom is 0.435 e. The highest BCUT2D eigenvalue weighted by Crippen LogP contribution is 2.30. The molecule has 0 atom stereocenters. The van der Waals surface area contributed by atoms with Crippen LogP contribution in [0.1, 0.15) is 23.7 Å². The molecule has 0 saturated heterocycles. The maximum absolute atomic E-state index is 13.1. The van der Waals surface area contributed by atoms with E-state index in [1.54, 1.807) is 0 Å². The van der Waals surface area contributed by atoms with Gasteiger partial charge in [-0.15, -0.1) is 0 Å². The Kier molecular flexibility index (Phi) is 7.31. The summed E-state index contributed by atoms with van der Waals surface area (Å²) in [5.74, 6) is 1.28. The van der Waals surface area contributed by atoms with Gasteiger partial charge in [-0.3, -0.25) is 4.68 Å². The number of aryl methyl sites for hydroxylation is 2. The Hall–Kier alpha value is -2.71. The standard InChI is InChI=1S/C19H26F3N5O/c1-5-23-18(24-12-15-13-27(4)25-17(15)19(20,21)22)26(3)10-11-28-16-8-6-14(2)7-9-16/h6-9,13H,5,10-12H2,1-4H3,(H,23,24). The van der Waals surface area contributed by atoms with Crippen molar-refractivity contribution < 1.29 is 17.9 Å². The number of ether oxygens (including phenoxy) is 1. The summed E-state index contributed by atoms with van der Waals surface area (Å²) >= 11 is 0. The van der Waals surface area contributed by atoms with Crippen LogP contribution in [0.4, 0.5) is 13.2 Å². The molecule has 1 heterocycles. The first-order valence-electron chi connectivity index (χ1n) is 8.99. The molecule has 2 aromatic rings. The number of alkyl halides is 3. The third-order valence-electron chi connectivity index (χ3n) is 3.99. The molecule has 154 valence electrons. The Morgan fingerprint density at radius 3 is 2.57 bits per heavy atom. The second-order valence-corrected chi connectivity index (χ2v) is 6.43. The van der Waals surface area contributed by atoms with Gasteiger partial charge < -0.3 is 15.0 Å². The zero-order valence-corrected chi connectivity index (χ0v) is 16.5. The number of nitrogens with zero attached hydrogens (tertiary/aromatic N) is 4. The summed E-state index contributed by atoms with van der Waals surface area (Å²) < 4.78 is 46.1. The van der Waals surface area contributed by atoms with Crippen molar-refractivity contribution in [1.82, 2.24) is 20.0 Å². The molecule has 0 aliphatic heterocycles. The third-order valence-corrected chi connectivity index (χ3v) is 3.99. The Morgan fingerprint density at radius 2 is 1.96 bits per heavy atom. The molecule has 0 fully saturated rings. The van der Waals surface area contributed by atoms with Gasteiger partial charge in [0.25, 0.3) is 0 Å². The normalized spacial score (nSPS) is 12.2. The molecular weight excluding hydrogens is 371 g/mol. The van der Waals surface area contributed by atoms with E-state index in [9.17, 15) is 13.2 Å².